The highest BCUT2D eigenvalue weighted by molar-refractivity contribution is 5.99. The number of amidine groups is 1. The van der Waals surface area contributed by atoms with Crippen LogP contribution in [0, 0.1) is 20.8 Å². The number of aliphatic imine (C=N–C) groups is 1. The molecular formula is C24H27N3O2. The minimum absolute atomic E-state index is 0.0176. The highest BCUT2D eigenvalue weighted by Crippen LogP contribution is 2.67. The monoisotopic (exact) mass is 389 g/mol. The van der Waals surface area contributed by atoms with Gasteiger partial charge in [0.2, 0.25) is 0 Å². The van der Waals surface area contributed by atoms with Crippen LogP contribution in [0.2, 0.25) is 0 Å². The molecule has 29 heavy (non-hydrogen) atoms. The molecule has 1 aromatic heterocycles. The van der Waals surface area contributed by atoms with E-state index in [2.05, 4.69) is 73.4 Å². The van der Waals surface area contributed by atoms with E-state index in [9.17, 15) is 4.79 Å². The molecule has 150 valence electrons. The Labute approximate surface area is 171 Å². The van der Waals surface area contributed by atoms with E-state index in [-0.39, 0.29) is 11.1 Å². The molecule has 0 N–H and O–H groups in total. The minimum atomic E-state index is -0.0176. The minimum Gasteiger partial charge on any atom is -0.361 e. The Bertz CT molecular complexity index is 1030. The summed E-state index contributed by atoms with van der Waals surface area (Å²) in [7, 11) is 0. The van der Waals surface area contributed by atoms with Crippen molar-refractivity contribution in [2.24, 2.45) is 4.99 Å². The van der Waals surface area contributed by atoms with Gasteiger partial charge < -0.3 is 9.42 Å². The van der Waals surface area contributed by atoms with Crippen LogP contribution in [0.25, 0.3) is 0 Å². The van der Waals surface area contributed by atoms with Crippen molar-refractivity contribution in [3.05, 3.63) is 76.3 Å². The van der Waals surface area contributed by atoms with E-state index in [0.29, 0.717) is 17.0 Å². The molecule has 3 heterocycles. The van der Waals surface area contributed by atoms with Gasteiger partial charge in [0.15, 0.2) is 6.29 Å². The molecule has 0 bridgehead atoms. The Hall–Kier alpha value is -2.95. The van der Waals surface area contributed by atoms with Crippen LogP contribution >= 0.6 is 0 Å². The summed E-state index contributed by atoms with van der Waals surface area (Å²) in [6.45, 7) is 10.0. The molecule has 0 radical (unpaired) electrons. The molecule has 2 unspecified atom stereocenters. The number of benzene rings is 1. The molecule has 5 nitrogen and oxygen atoms in total. The van der Waals surface area contributed by atoms with Gasteiger partial charge in [0.1, 0.15) is 17.1 Å². The fourth-order valence-corrected chi connectivity index (χ4v) is 4.55. The third-order valence-electron chi connectivity index (χ3n) is 6.35. The third kappa shape index (κ3) is 2.87. The van der Waals surface area contributed by atoms with Crippen LogP contribution in [0.1, 0.15) is 59.6 Å². The first kappa shape index (κ1) is 19.4. The van der Waals surface area contributed by atoms with Crippen LogP contribution in [0.3, 0.4) is 0 Å². The molecule has 5 heteroatoms. The molecule has 0 spiro atoms. The van der Waals surface area contributed by atoms with Crippen LogP contribution in [0.5, 0.6) is 0 Å². The van der Waals surface area contributed by atoms with Crippen molar-refractivity contribution in [3.8, 4) is 0 Å². The first-order valence-corrected chi connectivity index (χ1v) is 10.1. The highest BCUT2D eigenvalue weighted by Gasteiger charge is 2.74. The fraction of sp³-hybridized carbons (Fsp3) is 0.375. The summed E-state index contributed by atoms with van der Waals surface area (Å²) in [5.41, 5.74) is 5.36. The van der Waals surface area contributed by atoms with Gasteiger partial charge in [-0.05, 0) is 51.3 Å². The second kappa shape index (κ2) is 6.83. The van der Waals surface area contributed by atoms with Crippen molar-refractivity contribution in [2.45, 2.75) is 58.5 Å². The molecule has 3 aliphatic rings. The lowest BCUT2D eigenvalue weighted by Crippen LogP contribution is -2.37. The van der Waals surface area contributed by atoms with Crippen molar-refractivity contribution < 1.29 is 9.32 Å². The molecule has 2 aliphatic heterocycles. The lowest BCUT2D eigenvalue weighted by molar-refractivity contribution is 0.112. The average Bonchev–Trinajstić information content (AvgIpc) is 3.15. The summed E-state index contributed by atoms with van der Waals surface area (Å²) < 4.78 is 4.70. The Morgan fingerprint density at radius 3 is 2.41 bits per heavy atom. The lowest BCUT2D eigenvalue weighted by Gasteiger charge is -2.29. The second-order valence-corrected chi connectivity index (χ2v) is 8.19. The Morgan fingerprint density at radius 2 is 1.86 bits per heavy atom. The Morgan fingerprint density at radius 1 is 1.14 bits per heavy atom. The lowest BCUT2D eigenvalue weighted by atomic mass is 9.97. The maximum absolute atomic E-state index is 10.2. The molecular weight excluding hydrogens is 362 g/mol. The zero-order valence-electron chi connectivity index (χ0n) is 17.7. The van der Waals surface area contributed by atoms with Gasteiger partial charge in [0.25, 0.3) is 0 Å². The molecule has 2 atom stereocenters. The number of hydrogen-bond acceptors (Lipinski definition) is 5. The molecule has 2 aromatic rings. The summed E-state index contributed by atoms with van der Waals surface area (Å²) in [4.78, 5) is 17.7. The van der Waals surface area contributed by atoms with Gasteiger partial charge in [0.05, 0.1) is 16.8 Å². The highest BCUT2D eigenvalue weighted by atomic mass is 16.5. The summed E-state index contributed by atoms with van der Waals surface area (Å²) in [6.07, 6.45) is 9.61. The summed E-state index contributed by atoms with van der Waals surface area (Å²) in [5.74, 6) is 1.71. The standard InChI is InChI=1S/C18H20N2.C6H7NO2/c1-4-17-12-18(17,15-8-5-13(2)6-9-15)19-16-10-7-14(3)11-20(16)17;1-4-6(3-8)5(2)9-7-4/h5-11H,4,12H2,1-3H3;3H,1-2H3. The van der Waals surface area contributed by atoms with Crippen molar-refractivity contribution in [2.75, 3.05) is 0 Å². The number of allylic oxidation sites excluding steroid dienone is 2. The molecule has 0 amide bonds. The third-order valence-corrected chi connectivity index (χ3v) is 6.35. The predicted octanol–water partition coefficient (Wildman–Crippen LogP) is 5.03. The van der Waals surface area contributed by atoms with Crippen molar-refractivity contribution in [3.63, 3.8) is 0 Å². The normalized spacial score (nSPS) is 26.0. The number of aryl methyl sites for hydroxylation is 3. The summed E-state index contributed by atoms with van der Waals surface area (Å²) in [5, 5.41) is 3.58. The quantitative estimate of drug-likeness (QED) is 0.691. The Balaban J connectivity index is 0.000000192. The number of fused-ring (bicyclic) bond motifs is 3. The van der Waals surface area contributed by atoms with Crippen molar-refractivity contribution in [1.82, 2.24) is 10.1 Å². The SMILES string of the molecule is CCC12CC1(c1ccc(C)cc1)N=C1C=CC(C)=CN12.Cc1noc(C)c1C=O. The zero-order valence-corrected chi connectivity index (χ0v) is 17.7. The number of carbonyl (C=O) groups is 1. The zero-order chi connectivity index (χ0) is 20.8. The molecule has 1 fully saturated rings. The van der Waals surface area contributed by atoms with Crippen LogP contribution in [0.15, 0.2) is 57.7 Å². The van der Waals surface area contributed by atoms with Gasteiger partial charge in [-0.1, -0.05) is 48.0 Å². The largest absolute Gasteiger partial charge is 0.361 e. The molecule has 0 saturated heterocycles. The van der Waals surface area contributed by atoms with E-state index >= 15 is 0 Å². The number of hydrogen-bond donors (Lipinski definition) is 0. The Kier molecular flexibility index (Phi) is 4.56. The van der Waals surface area contributed by atoms with Crippen LogP contribution in [-0.4, -0.2) is 27.7 Å². The van der Waals surface area contributed by atoms with Gasteiger partial charge in [-0.2, -0.15) is 0 Å². The summed E-state index contributed by atoms with van der Waals surface area (Å²) in [6, 6.07) is 8.93. The first-order valence-electron chi connectivity index (χ1n) is 10.1. The van der Waals surface area contributed by atoms with E-state index in [1.165, 1.54) is 16.7 Å². The summed E-state index contributed by atoms with van der Waals surface area (Å²) >= 11 is 0. The molecule has 1 saturated carbocycles. The van der Waals surface area contributed by atoms with E-state index in [0.717, 1.165) is 25.0 Å². The molecule has 5 rings (SSSR count). The number of nitrogens with zero attached hydrogens (tertiary/aromatic N) is 3. The van der Waals surface area contributed by atoms with E-state index in [1.807, 2.05) is 0 Å². The van der Waals surface area contributed by atoms with Gasteiger partial charge in [-0.25, -0.2) is 0 Å². The van der Waals surface area contributed by atoms with Gasteiger partial charge >= 0.3 is 0 Å². The smallest absolute Gasteiger partial charge is 0.155 e. The number of aldehydes is 1. The van der Waals surface area contributed by atoms with Gasteiger partial charge in [0, 0.05) is 12.6 Å². The van der Waals surface area contributed by atoms with Crippen molar-refractivity contribution >= 4 is 12.1 Å². The number of rotatable bonds is 3. The number of aromatic nitrogens is 1. The van der Waals surface area contributed by atoms with E-state index in [1.54, 1.807) is 13.8 Å². The number of carbonyl (C=O) groups excluding carboxylic acids is 1. The maximum atomic E-state index is 10.2. The first-order chi connectivity index (χ1) is 13.9. The maximum Gasteiger partial charge on any atom is 0.155 e. The average molecular weight is 389 g/mol. The fourth-order valence-electron chi connectivity index (χ4n) is 4.55. The van der Waals surface area contributed by atoms with Gasteiger partial charge in [-0.3, -0.25) is 9.79 Å². The van der Waals surface area contributed by atoms with Crippen LogP contribution < -0.4 is 0 Å². The second-order valence-electron chi connectivity index (χ2n) is 8.19. The van der Waals surface area contributed by atoms with Crippen LogP contribution in [-0.2, 0) is 5.54 Å². The van der Waals surface area contributed by atoms with Crippen molar-refractivity contribution in [1.29, 1.82) is 0 Å². The predicted molar refractivity (Wildman–Crippen MR) is 114 cm³/mol. The molecule has 1 aliphatic carbocycles. The van der Waals surface area contributed by atoms with E-state index < -0.39 is 0 Å². The van der Waals surface area contributed by atoms with Crippen LogP contribution in [0.4, 0.5) is 0 Å². The van der Waals surface area contributed by atoms with E-state index in [4.69, 9.17) is 9.52 Å². The molecule has 1 aromatic carbocycles. The van der Waals surface area contributed by atoms with Gasteiger partial charge in [-0.15, -0.1) is 0 Å². The topological polar surface area (TPSA) is 58.7 Å².